The Bertz CT molecular complexity index is 1740. The van der Waals surface area contributed by atoms with Gasteiger partial charge in [0.2, 0.25) is 5.88 Å². The van der Waals surface area contributed by atoms with Crippen molar-refractivity contribution in [3.05, 3.63) is 83.9 Å². The predicted octanol–water partition coefficient (Wildman–Crippen LogP) is 6.65. The van der Waals surface area contributed by atoms with Crippen LogP contribution >= 0.6 is 0 Å². The largest absolute Gasteiger partial charge is 0.493 e. The lowest BCUT2D eigenvalue weighted by molar-refractivity contribution is -0.133. The number of hydrogen-bond acceptors (Lipinski definition) is 8. The maximum atomic E-state index is 13.2. The average Bonchev–Trinajstić information content (AvgIpc) is 3.86. The number of aromatic nitrogens is 2. The minimum atomic E-state index is -0.957. The van der Waals surface area contributed by atoms with Crippen LogP contribution in [0.15, 0.2) is 67.0 Å². The van der Waals surface area contributed by atoms with Crippen LogP contribution in [0.2, 0.25) is 0 Å². The highest BCUT2D eigenvalue weighted by Crippen LogP contribution is 2.49. The third-order valence-electron chi connectivity index (χ3n) is 8.72. The van der Waals surface area contributed by atoms with Gasteiger partial charge in [-0.25, -0.2) is 19.2 Å². The molecule has 1 aliphatic heterocycles. The number of hydrogen-bond donors (Lipinski definition) is 0. The predicted molar refractivity (Wildman–Crippen MR) is 164 cm³/mol. The molecule has 1 aromatic heterocycles. The number of piperidine rings is 1. The molecular formula is C35H34FN3O6. The highest BCUT2D eigenvalue weighted by Gasteiger charge is 2.54. The fourth-order valence-electron chi connectivity index (χ4n) is 5.82. The number of amides is 1. The Labute approximate surface area is 260 Å². The number of nitrogens with zero attached hydrogens (tertiary/aromatic N) is 3. The number of rotatable bonds is 10. The van der Waals surface area contributed by atoms with E-state index in [2.05, 4.69) is 9.97 Å². The summed E-state index contributed by atoms with van der Waals surface area (Å²) in [5.41, 5.74) is 1.01. The van der Waals surface area contributed by atoms with Gasteiger partial charge in [0, 0.05) is 31.5 Å². The summed E-state index contributed by atoms with van der Waals surface area (Å²) in [5, 5.41) is 0.565. The van der Waals surface area contributed by atoms with E-state index >= 15 is 0 Å². The van der Waals surface area contributed by atoms with Crippen LogP contribution in [0.5, 0.6) is 23.1 Å². The second kappa shape index (κ2) is 12.6. The van der Waals surface area contributed by atoms with E-state index in [0.29, 0.717) is 47.4 Å². The molecule has 3 aromatic carbocycles. The van der Waals surface area contributed by atoms with Gasteiger partial charge in [0.15, 0.2) is 23.1 Å². The lowest BCUT2D eigenvalue weighted by atomic mass is 9.88. The zero-order chi connectivity index (χ0) is 31.6. The molecule has 0 bridgehead atoms. The van der Waals surface area contributed by atoms with Crippen LogP contribution < -0.4 is 14.2 Å². The molecular weight excluding hydrogens is 577 g/mol. The molecule has 9 nitrogen and oxygen atoms in total. The third-order valence-corrected chi connectivity index (χ3v) is 8.72. The normalized spacial score (nSPS) is 17.0. The zero-order valence-corrected chi connectivity index (χ0v) is 25.3. The zero-order valence-electron chi connectivity index (χ0n) is 25.3. The van der Waals surface area contributed by atoms with Gasteiger partial charge in [0.25, 0.3) is 0 Å². The minimum Gasteiger partial charge on any atom is -0.493 e. The van der Waals surface area contributed by atoms with E-state index in [0.717, 1.165) is 24.8 Å². The van der Waals surface area contributed by atoms with E-state index in [-0.39, 0.29) is 47.9 Å². The standard InChI is InChI=1S/C35H34FN3O6/c1-22-5-3-4-16-39(22)34(42)45-30-20-28-27(19-29(30)43-2)33(38-21-37-28)44-26-12-8-24(9-13-26)18-32(41)35(14-15-35)31(40)17-23-6-10-25(36)11-7-23/h6-13,19-22H,3-5,14-18H2,1-2H3/t22-/m1/s1. The summed E-state index contributed by atoms with van der Waals surface area (Å²) >= 11 is 0. The number of benzene rings is 3. The Morgan fingerprint density at radius 2 is 1.58 bits per heavy atom. The number of halogens is 1. The maximum Gasteiger partial charge on any atom is 0.415 e. The number of carbonyl (C=O) groups excluding carboxylic acids is 3. The number of carbonyl (C=O) groups is 3. The smallest absolute Gasteiger partial charge is 0.415 e. The van der Waals surface area contributed by atoms with Gasteiger partial charge >= 0.3 is 6.09 Å². The molecule has 0 radical (unpaired) electrons. The van der Waals surface area contributed by atoms with Crippen molar-refractivity contribution >= 4 is 28.6 Å². The van der Waals surface area contributed by atoms with Crippen molar-refractivity contribution in [3.8, 4) is 23.1 Å². The van der Waals surface area contributed by atoms with Crippen LogP contribution in [-0.2, 0) is 22.4 Å². The Morgan fingerprint density at radius 3 is 2.20 bits per heavy atom. The van der Waals surface area contributed by atoms with E-state index in [9.17, 15) is 18.8 Å². The van der Waals surface area contributed by atoms with Crippen LogP contribution in [0.25, 0.3) is 10.9 Å². The van der Waals surface area contributed by atoms with Crippen LogP contribution in [0.1, 0.15) is 50.2 Å². The quantitative estimate of drug-likeness (QED) is 0.184. The molecule has 1 aliphatic carbocycles. The second-order valence-corrected chi connectivity index (χ2v) is 11.8. The molecule has 4 aromatic rings. The number of methoxy groups -OCH3 is 1. The monoisotopic (exact) mass is 611 g/mol. The summed E-state index contributed by atoms with van der Waals surface area (Å²) in [6, 6.07) is 16.3. The van der Waals surface area contributed by atoms with Crippen LogP contribution in [-0.4, -0.2) is 52.2 Å². The van der Waals surface area contributed by atoms with Crippen LogP contribution in [0, 0.1) is 11.2 Å². The van der Waals surface area contributed by atoms with E-state index in [1.165, 1.54) is 25.6 Å². The molecule has 2 heterocycles. The molecule has 1 saturated carbocycles. The first-order valence-electron chi connectivity index (χ1n) is 15.1. The van der Waals surface area contributed by atoms with E-state index in [4.69, 9.17) is 14.2 Å². The molecule has 6 rings (SSSR count). The van der Waals surface area contributed by atoms with E-state index < -0.39 is 11.5 Å². The number of Topliss-reactive ketones (excluding diaryl/α,β-unsaturated/α-hetero) is 2. The SMILES string of the molecule is COc1cc2c(Oc3ccc(CC(=O)C4(C(=O)Cc5ccc(F)cc5)CC4)cc3)ncnc2cc1OC(=O)N1CCCC[C@H]1C. The molecule has 45 heavy (non-hydrogen) atoms. The van der Waals surface area contributed by atoms with Crippen molar-refractivity contribution in [2.24, 2.45) is 5.41 Å². The molecule has 2 aliphatic rings. The topological polar surface area (TPSA) is 108 Å². The lowest BCUT2D eigenvalue weighted by Crippen LogP contribution is -2.43. The van der Waals surface area contributed by atoms with Gasteiger partial charge in [-0.05, 0) is 80.5 Å². The molecule has 232 valence electrons. The van der Waals surface area contributed by atoms with Crippen LogP contribution in [0.3, 0.4) is 0 Å². The fraction of sp³-hybridized carbons (Fsp3) is 0.343. The van der Waals surface area contributed by atoms with Gasteiger partial charge in [-0.3, -0.25) is 9.59 Å². The van der Waals surface area contributed by atoms with Crippen molar-refractivity contribution in [2.45, 2.75) is 57.9 Å². The van der Waals surface area contributed by atoms with Crippen molar-refractivity contribution in [1.29, 1.82) is 0 Å². The van der Waals surface area contributed by atoms with E-state index in [1.807, 2.05) is 6.92 Å². The van der Waals surface area contributed by atoms with Crippen molar-refractivity contribution < 1.29 is 33.0 Å². The lowest BCUT2D eigenvalue weighted by Gasteiger charge is -2.32. The van der Waals surface area contributed by atoms with Gasteiger partial charge in [-0.2, -0.15) is 0 Å². The highest BCUT2D eigenvalue weighted by molar-refractivity contribution is 6.11. The summed E-state index contributed by atoms with van der Waals surface area (Å²) in [6.07, 6.45) is 5.23. The van der Waals surface area contributed by atoms with Gasteiger partial charge in [-0.15, -0.1) is 0 Å². The molecule has 1 saturated heterocycles. The minimum absolute atomic E-state index is 0.106. The first-order valence-corrected chi connectivity index (χ1v) is 15.1. The fourth-order valence-corrected chi connectivity index (χ4v) is 5.82. The Balaban J connectivity index is 1.13. The van der Waals surface area contributed by atoms with Crippen LogP contribution in [0.4, 0.5) is 9.18 Å². The number of likely N-dealkylation sites (tertiary alicyclic amines) is 1. The average molecular weight is 612 g/mol. The van der Waals surface area contributed by atoms with Crippen molar-refractivity contribution in [3.63, 3.8) is 0 Å². The first-order chi connectivity index (χ1) is 21.8. The number of ketones is 2. The van der Waals surface area contributed by atoms with Crippen molar-refractivity contribution in [2.75, 3.05) is 13.7 Å². The van der Waals surface area contributed by atoms with E-state index in [1.54, 1.807) is 53.4 Å². The Hall–Kier alpha value is -4.86. The molecule has 2 fully saturated rings. The number of fused-ring (bicyclic) bond motifs is 1. The molecule has 0 unspecified atom stereocenters. The summed E-state index contributed by atoms with van der Waals surface area (Å²) in [4.78, 5) is 49.5. The Morgan fingerprint density at radius 1 is 0.911 bits per heavy atom. The molecule has 0 spiro atoms. The summed E-state index contributed by atoms with van der Waals surface area (Å²) < 4.78 is 30.6. The molecule has 0 N–H and O–H groups in total. The van der Waals surface area contributed by atoms with Gasteiger partial charge in [0.05, 0.1) is 23.4 Å². The summed E-state index contributed by atoms with van der Waals surface area (Å²) in [6.45, 7) is 2.67. The third kappa shape index (κ3) is 6.50. The summed E-state index contributed by atoms with van der Waals surface area (Å²) in [5.74, 6) is 0.792. The Kier molecular flexibility index (Phi) is 8.47. The van der Waals surface area contributed by atoms with Gasteiger partial charge in [0.1, 0.15) is 17.9 Å². The molecule has 1 atom stereocenters. The highest BCUT2D eigenvalue weighted by atomic mass is 19.1. The van der Waals surface area contributed by atoms with Gasteiger partial charge < -0.3 is 19.1 Å². The second-order valence-electron chi connectivity index (χ2n) is 11.8. The van der Waals surface area contributed by atoms with Crippen molar-refractivity contribution in [1.82, 2.24) is 14.9 Å². The first kappa shape index (κ1) is 30.2. The van der Waals surface area contributed by atoms with Gasteiger partial charge in [-0.1, -0.05) is 24.3 Å². The maximum absolute atomic E-state index is 13.2. The summed E-state index contributed by atoms with van der Waals surface area (Å²) in [7, 11) is 1.49. The molecule has 10 heteroatoms. The molecule has 1 amide bonds. The number of ether oxygens (including phenoxy) is 3.